The average Bonchev–Trinajstić information content (AvgIpc) is 2.33. The van der Waals surface area contributed by atoms with Crippen LogP contribution in [0.2, 0.25) is 0 Å². The van der Waals surface area contributed by atoms with Gasteiger partial charge < -0.3 is 15.8 Å². The minimum Gasteiger partial charge on any atom is -0.465 e. The maximum absolute atomic E-state index is 11.5. The Morgan fingerprint density at radius 2 is 2.31 bits per heavy atom. The first-order valence-electron chi connectivity index (χ1n) is 4.75. The number of nitrogen functional groups attached to an aromatic ring is 1. The molecule has 3 N–H and O–H groups in total. The first-order valence-corrected chi connectivity index (χ1v) is 5.54. The monoisotopic (exact) mass is 282 g/mol. The van der Waals surface area contributed by atoms with E-state index in [2.05, 4.69) is 26.0 Å². The van der Waals surface area contributed by atoms with Gasteiger partial charge in [0, 0.05) is 27.7 Å². The molecule has 1 heterocycles. The minimum absolute atomic E-state index is 0.389. The second-order valence-electron chi connectivity index (χ2n) is 3.40. The Hall–Kier alpha value is -1.49. The number of ether oxygens (including phenoxy) is 1. The first-order chi connectivity index (χ1) is 7.65. The Morgan fingerprint density at radius 1 is 1.56 bits per heavy atom. The largest absolute Gasteiger partial charge is 0.465 e. The number of hydrogen-bond donors (Lipinski definition) is 2. The highest BCUT2D eigenvalue weighted by molar-refractivity contribution is 9.10. The van der Waals surface area contributed by atoms with Crippen molar-refractivity contribution in [3.05, 3.63) is 26.5 Å². The van der Waals surface area contributed by atoms with Crippen molar-refractivity contribution in [2.75, 3.05) is 19.4 Å². The Balaban J connectivity index is 2.79. The van der Waals surface area contributed by atoms with E-state index < -0.39 is 5.97 Å². The van der Waals surface area contributed by atoms with Crippen molar-refractivity contribution in [2.45, 2.75) is 0 Å². The summed E-state index contributed by atoms with van der Waals surface area (Å²) in [5.41, 5.74) is 6.80. The molecule has 4 nitrogen and oxygen atoms in total. The third-order valence-corrected chi connectivity index (χ3v) is 3.13. The van der Waals surface area contributed by atoms with Crippen LogP contribution in [0.5, 0.6) is 0 Å². The van der Waals surface area contributed by atoms with E-state index in [1.54, 1.807) is 6.07 Å². The third kappa shape index (κ3) is 1.67. The number of nitrogens with one attached hydrogen (secondary N) is 1. The van der Waals surface area contributed by atoms with Gasteiger partial charge in [-0.25, -0.2) is 4.79 Å². The van der Waals surface area contributed by atoms with E-state index in [1.807, 2.05) is 12.3 Å². The molecule has 0 bridgehead atoms. The summed E-state index contributed by atoms with van der Waals surface area (Å²) in [4.78, 5) is 11.5. The number of methoxy groups -OCH3 is 1. The average molecular weight is 283 g/mol. The molecule has 1 aromatic rings. The van der Waals surface area contributed by atoms with Crippen molar-refractivity contribution in [3.63, 3.8) is 0 Å². The number of nitrogens with two attached hydrogens (primary N) is 1. The number of anilines is 1. The van der Waals surface area contributed by atoms with Crippen LogP contribution in [0.25, 0.3) is 12.3 Å². The summed E-state index contributed by atoms with van der Waals surface area (Å²) < 4.78 is 5.50. The lowest BCUT2D eigenvalue weighted by atomic mass is 10.1. The smallest absolute Gasteiger partial charge is 0.340 e. The molecule has 0 fully saturated rings. The second kappa shape index (κ2) is 4.17. The summed E-state index contributed by atoms with van der Waals surface area (Å²) >= 11 is 3.41. The van der Waals surface area contributed by atoms with Crippen molar-refractivity contribution < 1.29 is 9.53 Å². The van der Waals surface area contributed by atoms with Crippen LogP contribution >= 0.6 is 15.9 Å². The Bertz CT molecular complexity index is 566. The molecule has 0 radical (unpaired) electrons. The van der Waals surface area contributed by atoms with Crippen molar-refractivity contribution >= 4 is 39.9 Å². The fraction of sp³-hybridized carbons (Fsp3) is 0.182. The highest BCUT2D eigenvalue weighted by Crippen LogP contribution is 2.12. The molecule has 1 aliphatic rings. The van der Waals surface area contributed by atoms with Crippen LogP contribution in [0.1, 0.15) is 10.4 Å². The molecular weight excluding hydrogens is 272 g/mol. The van der Waals surface area contributed by atoms with Gasteiger partial charge in [0.1, 0.15) is 0 Å². The third-order valence-electron chi connectivity index (χ3n) is 2.47. The van der Waals surface area contributed by atoms with Gasteiger partial charge in [-0.2, -0.15) is 0 Å². The van der Waals surface area contributed by atoms with Gasteiger partial charge in [0.05, 0.1) is 18.4 Å². The van der Waals surface area contributed by atoms with Crippen LogP contribution in [0.4, 0.5) is 5.69 Å². The van der Waals surface area contributed by atoms with Crippen molar-refractivity contribution in [2.24, 2.45) is 0 Å². The van der Waals surface area contributed by atoms with E-state index >= 15 is 0 Å². The van der Waals surface area contributed by atoms with E-state index in [9.17, 15) is 4.79 Å². The van der Waals surface area contributed by atoms with E-state index in [4.69, 9.17) is 5.73 Å². The fourth-order valence-corrected chi connectivity index (χ4v) is 2.23. The summed E-state index contributed by atoms with van der Waals surface area (Å²) in [5.74, 6) is -0.423. The van der Waals surface area contributed by atoms with Gasteiger partial charge in [-0.15, -0.1) is 0 Å². The lowest BCUT2D eigenvalue weighted by Gasteiger charge is -2.10. The topological polar surface area (TPSA) is 64.3 Å². The highest BCUT2D eigenvalue weighted by atomic mass is 79.9. The lowest BCUT2D eigenvalue weighted by Crippen LogP contribution is -2.37. The molecular formula is C11H11BrN2O2. The van der Waals surface area contributed by atoms with Crippen LogP contribution in [0.15, 0.2) is 10.5 Å². The van der Waals surface area contributed by atoms with E-state index in [0.717, 1.165) is 14.9 Å². The molecule has 5 heteroatoms. The number of fused-ring (bicyclic) bond motifs is 1. The summed E-state index contributed by atoms with van der Waals surface area (Å²) in [6.07, 6.45) is 3.82. The molecule has 0 atom stereocenters. The van der Waals surface area contributed by atoms with Crippen LogP contribution < -0.4 is 21.5 Å². The van der Waals surface area contributed by atoms with Gasteiger partial charge >= 0.3 is 5.97 Å². The van der Waals surface area contributed by atoms with Crippen LogP contribution in [0, 0.1) is 0 Å². The highest BCUT2D eigenvalue weighted by Gasteiger charge is 2.14. The molecule has 84 valence electrons. The normalized spacial score (nSPS) is 12.9. The van der Waals surface area contributed by atoms with Gasteiger partial charge in [0.15, 0.2) is 0 Å². The zero-order valence-corrected chi connectivity index (χ0v) is 10.3. The van der Waals surface area contributed by atoms with E-state index in [-0.39, 0.29) is 0 Å². The number of carbonyl (C=O) groups excluding carboxylic acids is 1. The molecule has 0 saturated heterocycles. The molecule has 0 aromatic heterocycles. The number of esters is 1. The fourth-order valence-electron chi connectivity index (χ4n) is 1.67. The zero-order chi connectivity index (χ0) is 11.7. The molecule has 0 unspecified atom stereocenters. The molecule has 0 aliphatic carbocycles. The molecule has 1 aromatic carbocycles. The second-order valence-corrected chi connectivity index (χ2v) is 4.25. The van der Waals surface area contributed by atoms with Crippen molar-refractivity contribution in [1.29, 1.82) is 0 Å². The van der Waals surface area contributed by atoms with E-state index in [0.29, 0.717) is 17.8 Å². The summed E-state index contributed by atoms with van der Waals surface area (Å²) in [7, 11) is 1.34. The molecule has 2 rings (SSSR count). The standard InChI is InChI=1S/C11H11BrN2O2/c1-16-11(15)7-4-9(12)8-5-14-3-2-6(8)10(7)13/h2,4-5,14H,3,13H2,1H3. The minimum atomic E-state index is -0.423. The predicted octanol–water partition coefficient (Wildman–Crippen LogP) is -0.0604. The molecule has 0 spiro atoms. The summed E-state index contributed by atoms with van der Waals surface area (Å²) in [6, 6.07) is 1.68. The maximum atomic E-state index is 11.5. The SMILES string of the molecule is COC(=O)c1cc(Br)c2c(c1N)=CCNC=2. The number of benzene rings is 1. The number of rotatable bonds is 1. The van der Waals surface area contributed by atoms with E-state index in [1.165, 1.54) is 7.11 Å². The maximum Gasteiger partial charge on any atom is 0.340 e. The van der Waals surface area contributed by atoms with Crippen molar-refractivity contribution in [1.82, 2.24) is 5.32 Å². The summed E-state index contributed by atoms with van der Waals surface area (Å²) in [5, 5.41) is 4.91. The van der Waals surface area contributed by atoms with Gasteiger partial charge in [-0.05, 0) is 6.07 Å². The Morgan fingerprint density at radius 3 is 3.00 bits per heavy atom. The van der Waals surface area contributed by atoms with Crippen LogP contribution in [0.3, 0.4) is 0 Å². The van der Waals surface area contributed by atoms with Crippen molar-refractivity contribution in [3.8, 4) is 0 Å². The first kappa shape index (κ1) is 11.0. The Kier molecular flexibility index (Phi) is 2.87. The molecule has 1 aliphatic heterocycles. The van der Waals surface area contributed by atoms with Gasteiger partial charge in [0.25, 0.3) is 0 Å². The number of hydrogen-bond acceptors (Lipinski definition) is 4. The zero-order valence-electron chi connectivity index (χ0n) is 8.71. The van der Waals surface area contributed by atoms with Gasteiger partial charge in [-0.1, -0.05) is 22.0 Å². The van der Waals surface area contributed by atoms with Crippen LogP contribution in [-0.4, -0.2) is 19.6 Å². The lowest BCUT2D eigenvalue weighted by molar-refractivity contribution is 0.0602. The van der Waals surface area contributed by atoms with Gasteiger partial charge in [0.2, 0.25) is 0 Å². The summed E-state index contributed by atoms with van der Waals surface area (Å²) in [6.45, 7) is 0.703. The molecule has 0 amide bonds. The molecule has 16 heavy (non-hydrogen) atoms. The van der Waals surface area contributed by atoms with Gasteiger partial charge in [-0.3, -0.25) is 0 Å². The molecule has 0 saturated carbocycles. The Labute approximate surface area is 101 Å². The predicted molar refractivity (Wildman–Crippen MR) is 66.1 cm³/mol. The number of halogens is 1. The quantitative estimate of drug-likeness (QED) is 0.560. The number of carbonyl (C=O) groups is 1. The van der Waals surface area contributed by atoms with Crippen LogP contribution in [-0.2, 0) is 4.74 Å².